The first kappa shape index (κ1) is 14.0. The summed E-state index contributed by atoms with van der Waals surface area (Å²) in [5.74, 6) is -0.00128. The summed E-state index contributed by atoms with van der Waals surface area (Å²) in [7, 11) is 0. The van der Waals surface area contributed by atoms with E-state index in [-0.39, 0.29) is 18.0 Å². The Bertz CT molecular complexity index is 646. The molecule has 2 aromatic carbocycles. The standard InChI is InChI=1S/C17H17ClN2O/c1-11(13-7-3-4-8-14(13)18)19-17(21)16-10-12-6-2-5-9-15(12)20-16/h2-9,11,16,20H,10H2,1H3,(H,19,21)/t11-,16?/m1/s1. The fourth-order valence-electron chi connectivity index (χ4n) is 2.67. The molecule has 0 saturated heterocycles. The van der Waals surface area contributed by atoms with Gasteiger partial charge in [-0.25, -0.2) is 0 Å². The van der Waals surface area contributed by atoms with E-state index in [1.807, 2.05) is 55.5 Å². The van der Waals surface area contributed by atoms with Crippen LogP contribution in [0, 0.1) is 0 Å². The van der Waals surface area contributed by atoms with Crippen LogP contribution in [-0.4, -0.2) is 11.9 Å². The number of benzene rings is 2. The average Bonchev–Trinajstić information content (AvgIpc) is 2.91. The zero-order chi connectivity index (χ0) is 14.8. The predicted molar refractivity (Wildman–Crippen MR) is 85.6 cm³/mol. The number of amides is 1. The molecule has 4 heteroatoms. The van der Waals surface area contributed by atoms with Crippen LogP contribution in [-0.2, 0) is 11.2 Å². The molecule has 2 aromatic rings. The van der Waals surface area contributed by atoms with Crippen molar-refractivity contribution in [3.63, 3.8) is 0 Å². The number of halogens is 1. The summed E-state index contributed by atoms with van der Waals surface area (Å²) in [4.78, 5) is 12.4. The van der Waals surface area contributed by atoms with Crippen LogP contribution < -0.4 is 10.6 Å². The van der Waals surface area contributed by atoms with Crippen molar-refractivity contribution in [2.75, 3.05) is 5.32 Å². The van der Waals surface area contributed by atoms with Crippen molar-refractivity contribution < 1.29 is 4.79 Å². The molecule has 3 rings (SSSR count). The summed E-state index contributed by atoms with van der Waals surface area (Å²) in [6.07, 6.45) is 0.719. The number of rotatable bonds is 3. The van der Waals surface area contributed by atoms with Crippen LogP contribution in [0.25, 0.3) is 0 Å². The van der Waals surface area contributed by atoms with Crippen LogP contribution >= 0.6 is 11.6 Å². The lowest BCUT2D eigenvalue weighted by molar-refractivity contribution is -0.122. The molecule has 3 nitrogen and oxygen atoms in total. The Morgan fingerprint density at radius 2 is 1.95 bits per heavy atom. The summed E-state index contributed by atoms with van der Waals surface area (Å²) in [5.41, 5.74) is 3.16. The second-order valence-corrected chi connectivity index (χ2v) is 5.72. The third kappa shape index (κ3) is 2.88. The van der Waals surface area contributed by atoms with Crippen LogP contribution in [0.5, 0.6) is 0 Å². The molecule has 1 amide bonds. The largest absolute Gasteiger partial charge is 0.373 e. The molecule has 2 N–H and O–H groups in total. The fourth-order valence-corrected chi connectivity index (χ4v) is 2.97. The van der Waals surface area contributed by atoms with Gasteiger partial charge in [-0.1, -0.05) is 48.0 Å². The third-order valence-electron chi connectivity index (χ3n) is 3.82. The van der Waals surface area contributed by atoms with E-state index in [9.17, 15) is 4.79 Å². The van der Waals surface area contributed by atoms with Gasteiger partial charge in [0.05, 0.1) is 6.04 Å². The van der Waals surface area contributed by atoms with Gasteiger partial charge in [-0.05, 0) is 30.2 Å². The Labute approximate surface area is 129 Å². The Balaban J connectivity index is 1.67. The van der Waals surface area contributed by atoms with Crippen molar-refractivity contribution in [2.24, 2.45) is 0 Å². The van der Waals surface area contributed by atoms with E-state index < -0.39 is 0 Å². The number of fused-ring (bicyclic) bond motifs is 1. The summed E-state index contributed by atoms with van der Waals surface area (Å²) in [5, 5.41) is 6.96. The normalized spacial score (nSPS) is 17.7. The Morgan fingerprint density at radius 1 is 1.24 bits per heavy atom. The van der Waals surface area contributed by atoms with Crippen LogP contribution in [0.4, 0.5) is 5.69 Å². The molecular weight excluding hydrogens is 284 g/mol. The smallest absolute Gasteiger partial charge is 0.243 e. The topological polar surface area (TPSA) is 41.1 Å². The molecule has 0 aromatic heterocycles. The lowest BCUT2D eigenvalue weighted by Crippen LogP contribution is -2.39. The molecule has 1 aliphatic heterocycles. The molecule has 1 aliphatic rings. The van der Waals surface area contributed by atoms with E-state index in [0.29, 0.717) is 5.02 Å². The second kappa shape index (κ2) is 5.78. The predicted octanol–water partition coefficient (Wildman–Crippen LogP) is 3.55. The zero-order valence-electron chi connectivity index (χ0n) is 11.8. The highest BCUT2D eigenvalue weighted by molar-refractivity contribution is 6.31. The second-order valence-electron chi connectivity index (χ2n) is 5.31. The minimum Gasteiger partial charge on any atom is -0.373 e. The molecule has 2 atom stereocenters. The van der Waals surface area contributed by atoms with Gasteiger partial charge in [0.15, 0.2) is 0 Å². The van der Waals surface area contributed by atoms with E-state index in [1.165, 1.54) is 5.56 Å². The van der Waals surface area contributed by atoms with E-state index >= 15 is 0 Å². The molecule has 0 fully saturated rings. The van der Waals surface area contributed by atoms with Gasteiger partial charge in [0.1, 0.15) is 6.04 Å². The van der Waals surface area contributed by atoms with Crippen molar-refractivity contribution in [2.45, 2.75) is 25.4 Å². The van der Waals surface area contributed by atoms with Crippen molar-refractivity contribution in [1.29, 1.82) is 0 Å². The van der Waals surface area contributed by atoms with Crippen molar-refractivity contribution in [3.05, 3.63) is 64.7 Å². The minimum atomic E-state index is -0.215. The third-order valence-corrected chi connectivity index (χ3v) is 4.16. The van der Waals surface area contributed by atoms with Crippen molar-refractivity contribution in [1.82, 2.24) is 5.32 Å². The molecule has 1 unspecified atom stereocenters. The Kier molecular flexibility index (Phi) is 3.84. The molecule has 0 spiro atoms. The summed E-state index contributed by atoms with van der Waals surface area (Å²) < 4.78 is 0. The molecule has 0 aliphatic carbocycles. The van der Waals surface area contributed by atoms with Gasteiger partial charge in [-0.15, -0.1) is 0 Å². The number of carbonyl (C=O) groups excluding carboxylic acids is 1. The van der Waals surface area contributed by atoms with E-state index in [0.717, 1.165) is 17.7 Å². The maximum Gasteiger partial charge on any atom is 0.243 e. The Hall–Kier alpha value is -2.00. The molecule has 21 heavy (non-hydrogen) atoms. The number of anilines is 1. The maximum atomic E-state index is 12.4. The molecule has 108 valence electrons. The number of hydrogen-bond acceptors (Lipinski definition) is 2. The highest BCUT2D eigenvalue weighted by Crippen LogP contribution is 2.26. The first-order chi connectivity index (χ1) is 10.1. The van der Waals surface area contributed by atoms with E-state index in [4.69, 9.17) is 11.6 Å². The molecule has 1 heterocycles. The number of carbonyl (C=O) groups is 1. The highest BCUT2D eigenvalue weighted by Gasteiger charge is 2.27. The van der Waals surface area contributed by atoms with E-state index in [2.05, 4.69) is 10.6 Å². The number of nitrogens with one attached hydrogen (secondary N) is 2. The average molecular weight is 301 g/mol. The first-order valence-electron chi connectivity index (χ1n) is 7.04. The number of hydrogen-bond donors (Lipinski definition) is 2. The van der Waals surface area contributed by atoms with Crippen LogP contribution in [0.15, 0.2) is 48.5 Å². The quantitative estimate of drug-likeness (QED) is 0.910. The van der Waals surface area contributed by atoms with Gasteiger partial charge in [0, 0.05) is 17.1 Å². The highest BCUT2D eigenvalue weighted by atomic mass is 35.5. The van der Waals surface area contributed by atoms with Gasteiger partial charge in [0.25, 0.3) is 0 Å². The van der Waals surface area contributed by atoms with Crippen LogP contribution in [0.1, 0.15) is 24.1 Å². The zero-order valence-corrected chi connectivity index (χ0v) is 12.5. The molecule has 0 bridgehead atoms. The number of para-hydroxylation sites is 1. The van der Waals surface area contributed by atoms with Crippen molar-refractivity contribution >= 4 is 23.2 Å². The summed E-state index contributed by atoms with van der Waals surface area (Å²) in [6, 6.07) is 15.3. The fraction of sp³-hybridized carbons (Fsp3) is 0.235. The van der Waals surface area contributed by atoms with E-state index in [1.54, 1.807) is 0 Å². The Morgan fingerprint density at radius 3 is 2.71 bits per heavy atom. The van der Waals surface area contributed by atoms with Crippen LogP contribution in [0.3, 0.4) is 0 Å². The summed E-state index contributed by atoms with van der Waals surface area (Å²) >= 11 is 6.17. The van der Waals surface area contributed by atoms with Crippen LogP contribution in [0.2, 0.25) is 5.02 Å². The van der Waals surface area contributed by atoms with Gasteiger partial charge < -0.3 is 10.6 Å². The molecule has 0 saturated carbocycles. The minimum absolute atomic E-state index is 0.00128. The maximum absolute atomic E-state index is 12.4. The molecule has 0 radical (unpaired) electrons. The van der Waals surface area contributed by atoms with Crippen molar-refractivity contribution in [3.8, 4) is 0 Å². The van der Waals surface area contributed by atoms with Gasteiger partial charge >= 0.3 is 0 Å². The SMILES string of the molecule is C[C@@H](NC(=O)C1Cc2ccccc2N1)c1ccccc1Cl. The monoisotopic (exact) mass is 300 g/mol. The van der Waals surface area contributed by atoms with Gasteiger partial charge in [-0.2, -0.15) is 0 Å². The van der Waals surface area contributed by atoms with Gasteiger partial charge in [0.2, 0.25) is 5.91 Å². The lowest BCUT2D eigenvalue weighted by atomic mass is 10.1. The van der Waals surface area contributed by atoms with Gasteiger partial charge in [-0.3, -0.25) is 4.79 Å². The first-order valence-corrected chi connectivity index (χ1v) is 7.42. The summed E-state index contributed by atoms with van der Waals surface area (Å²) in [6.45, 7) is 1.95. The lowest BCUT2D eigenvalue weighted by Gasteiger charge is -2.18. The molecular formula is C17H17ClN2O.